The summed E-state index contributed by atoms with van der Waals surface area (Å²) in [5, 5.41) is 5.86. The summed E-state index contributed by atoms with van der Waals surface area (Å²) in [6.45, 7) is 12.9. The van der Waals surface area contributed by atoms with E-state index in [1.165, 1.54) is 11.0 Å². The Morgan fingerprint density at radius 2 is 1.81 bits per heavy atom. The maximum atomic E-state index is 13.8. The standard InChI is InChI=1S/C28H36ClN3O4S/c1-7-16-32(26(34)22(17-37)30-27(35)36-28(4,5)6)24(20-14-12-19(8-2)13-15-20)25(33)31-23-18(3)10-9-11-21(23)29/h7,9-15,22,24,37H,1,8,16-17H2,2-6H3,(H,30,35)(H,31,33). The van der Waals surface area contributed by atoms with Crippen LogP contribution in [0.3, 0.4) is 0 Å². The fourth-order valence-electron chi connectivity index (χ4n) is 3.69. The Hall–Kier alpha value is -2.97. The first kappa shape index (κ1) is 30.3. The van der Waals surface area contributed by atoms with E-state index in [0.717, 1.165) is 17.5 Å². The summed E-state index contributed by atoms with van der Waals surface area (Å²) in [7, 11) is 0. The molecule has 0 radical (unpaired) electrons. The maximum absolute atomic E-state index is 13.8. The summed E-state index contributed by atoms with van der Waals surface area (Å²) in [6, 6.07) is 10.7. The lowest BCUT2D eigenvalue weighted by molar-refractivity contribution is -0.139. The Labute approximate surface area is 230 Å². The lowest BCUT2D eigenvalue weighted by Crippen LogP contribution is -2.53. The second kappa shape index (κ2) is 13.5. The van der Waals surface area contributed by atoms with E-state index in [2.05, 4.69) is 29.8 Å². The molecule has 0 aliphatic carbocycles. The molecular weight excluding hydrogens is 510 g/mol. The number of benzene rings is 2. The fraction of sp³-hybridized carbons (Fsp3) is 0.393. The quantitative estimate of drug-likeness (QED) is 0.263. The molecule has 0 heterocycles. The van der Waals surface area contributed by atoms with Gasteiger partial charge in [0.2, 0.25) is 5.91 Å². The molecule has 2 unspecified atom stereocenters. The average Bonchev–Trinajstić information content (AvgIpc) is 2.83. The van der Waals surface area contributed by atoms with E-state index < -0.39 is 35.6 Å². The second-order valence-corrected chi connectivity index (χ2v) is 10.4. The highest BCUT2D eigenvalue weighted by Gasteiger charge is 2.35. The molecule has 0 saturated heterocycles. The van der Waals surface area contributed by atoms with Crippen LogP contribution < -0.4 is 10.6 Å². The Kier molecular flexibility index (Phi) is 11.1. The lowest BCUT2D eigenvalue weighted by Gasteiger charge is -2.33. The lowest BCUT2D eigenvalue weighted by atomic mass is 10.00. The van der Waals surface area contributed by atoms with Gasteiger partial charge in [-0.1, -0.05) is 61.0 Å². The first-order valence-electron chi connectivity index (χ1n) is 12.1. The number of thiol groups is 1. The topological polar surface area (TPSA) is 87.7 Å². The molecule has 2 rings (SSSR count). The van der Waals surface area contributed by atoms with Crippen molar-refractivity contribution in [1.29, 1.82) is 0 Å². The third-order valence-corrected chi connectivity index (χ3v) is 6.19. The number of para-hydroxylation sites is 1. The molecule has 2 aromatic carbocycles. The van der Waals surface area contributed by atoms with E-state index in [9.17, 15) is 14.4 Å². The van der Waals surface area contributed by atoms with Gasteiger partial charge in [-0.05, 0) is 56.9 Å². The maximum Gasteiger partial charge on any atom is 0.408 e. The third kappa shape index (κ3) is 8.54. The molecule has 37 heavy (non-hydrogen) atoms. The number of nitrogens with zero attached hydrogens (tertiary/aromatic N) is 1. The van der Waals surface area contributed by atoms with Crippen molar-refractivity contribution in [3.05, 3.63) is 76.8 Å². The largest absolute Gasteiger partial charge is 0.444 e. The van der Waals surface area contributed by atoms with Crippen molar-refractivity contribution in [1.82, 2.24) is 10.2 Å². The Morgan fingerprint density at radius 3 is 2.32 bits per heavy atom. The smallest absolute Gasteiger partial charge is 0.408 e. The normalized spacial score (nSPS) is 12.7. The minimum Gasteiger partial charge on any atom is -0.444 e. The van der Waals surface area contributed by atoms with E-state index in [1.54, 1.807) is 32.9 Å². The molecule has 0 aliphatic rings. The van der Waals surface area contributed by atoms with Crippen LogP contribution in [0.5, 0.6) is 0 Å². The van der Waals surface area contributed by atoms with E-state index >= 15 is 0 Å². The average molecular weight is 546 g/mol. The highest BCUT2D eigenvalue weighted by atomic mass is 35.5. The number of hydrogen-bond acceptors (Lipinski definition) is 5. The molecule has 2 N–H and O–H groups in total. The number of amides is 3. The Morgan fingerprint density at radius 1 is 1.16 bits per heavy atom. The summed E-state index contributed by atoms with van der Waals surface area (Å²) < 4.78 is 5.31. The number of halogens is 1. The van der Waals surface area contributed by atoms with Crippen LogP contribution in [0.1, 0.15) is 50.4 Å². The number of nitrogens with one attached hydrogen (secondary N) is 2. The van der Waals surface area contributed by atoms with Crippen molar-refractivity contribution in [3.8, 4) is 0 Å². The van der Waals surface area contributed by atoms with Crippen molar-refractivity contribution in [2.45, 2.75) is 58.7 Å². The number of alkyl carbamates (subject to hydrolysis) is 1. The molecule has 0 aromatic heterocycles. The van der Waals surface area contributed by atoms with E-state index in [4.69, 9.17) is 16.3 Å². The number of aryl methyl sites for hydroxylation is 2. The van der Waals surface area contributed by atoms with Crippen molar-refractivity contribution < 1.29 is 19.1 Å². The van der Waals surface area contributed by atoms with Gasteiger partial charge < -0.3 is 20.3 Å². The van der Waals surface area contributed by atoms with E-state index in [-0.39, 0.29) is 12.3 Å². The van der Waals surface area contributed by atoms with Gasteiger partial charge in [-0.25, -0.2) is 4.79 Å². The van der Waals surface area contributed by atoms with Gasteiger partial charge in [-0.2, -0.15) is 12.6 Å². The molecule has 0 spiro atoms. The van der Waals surface area contributed by atoms with Gasteiger partial charge in [0.1, 0.15) is 17.7 Å². The fourth-order valence-corrected chi connectivity index (χ4v) is 4.20. The summed E-state index contributed by atoms with van der Waals surface area (Å²) >= 11 is 10.6. The molecule has 0 bridgehead atoms. The molecule has 7 nitrogen and oxygen atoms in total. The highest BCUT2D eigenvalue weighted by molar-refractivity contribution is 7.80. The molecular formula is C28H36ClN3O4S. The van der Waals surface area contributed by atoms with E-state index in [1.807, 2.05) is 44.2 Å². The monoisotopic (exact) mass is 545 g/mol. The molecule has 2 atom stereocenters. The minimum absolute atomic E-state index is 0.00154. The summed E-state index contributed by atoms with van der Waals surface area (Å²) in [4.78, 5) is 41.3. The zero-order valence-corrected chi connectivity index (χ0v) is 23.7. The van der Waals surface area contributed by atoms with Gasteiger partial charge in [0.25, 0.3) is 5.91 Å². The van der Waals surface area contributed by atoms with Crippen LogP contribution >= 0.6 is 24.2 Å². The van der Waals surface area contributed by atoms with Crippen LogP contribution in [0.4, 0.5) is 10.5 Å². The highest BCUT2D eigenvalue weighted by Crippen LogP contribution is 2.29. The van der Waals surface area contributed by atoms with Crippen molar-refractivity contribution in [2.24, 2.45) is 0 Å². The summed E-state index contributed by atoms with van der Waals surface area (Å²) in [6.07, 6.45) is 1.60. The van der Waals surface area contributed by atoms with Gasteiger partial charge in [0, 0.05) is 12.3 Å². The van der Waals surface area contributed by atoms with Gasteiger partial charge in [0.15, 0.2) is 0 Å². The molecule has 0 fully saturated rings. The van der Waals surface area contributed by atoms with Crippen LogP contribution in [0.25, 0.3) is 0 Å². The van der Waals surface area contributed by atoms with Crippen molar-refractivity contribution >= 4 is 47.8 Å². The number of carbonyl (C=O) groups excluding carboxylic acids is 3. The molecule has 3 amide bonds. The molecule has 0 saturated carbocycles. The first-order valence-corrected chi connectivity index (χ1v) is 13.1. The van der Waals surface area contributed by atoms with Gasteiger partial charge in [-0.15, -0.1) is 6.58 Å². The number of ether oxygens (including phenoxy) is 1. The second-order valence-electron chi connectivity index (χ2n) is 9.58. The molecule has 200 valence electrons. The first-order chi connectivity index (χ1) is 17.4. The number of hydrogen-bond donors (Lipinski definition) is 3. The van der Waals surface area contributed by atoms with Crippen LogP contribution in [0.2, 0.25) is 5.02 Å². The van der Waals surface area contributed by atoms with Gasteiger partial charge in [-0.3, -0.25) is 9.59 Å². The summed E-state index contributed by atoms with van der Waals surface area (Å²) in [5.41, 5.74) is 2.19. The van der Waals surface area contributed by atoms with Crippen LogP contribution in [-0.4, -0.2) is 46.7 Å². The number of carbonyl (C=O) groups is 3. The molecule has 9 heteroatoms. The third-order valence-electron chi connectivity index (χ3n) is 5.51. The molecule has 2 aromatic rings. The van der Waals surface area contributed by atoms with Gasteiger partial charge >= 0.3 is 6.09 Å². The minimum atomic E-state index is -1.04. The predicted molar refractivity (Wildman–Crippen MR) is 152 cm³/mol. The van der Waals surface area contributed by atoms with E-state index in [0.29, 0.717) is 16.3 Å². The SMILES string of the molecule is C=CCN(C(=O)C(CS)NC(=O)OC(C)(C)C)C(C(=O)Nc1c(C)cccc1Cl)c1ccc(CC)cc1. The number of rotatable bonds is 10. The predicted octanol–water partition coefficient (Wildman–Crippen LogP) is 5.73. The summed E-state index contributed by atoms with van der Waals surface area (Å²) in [5.74, 6) is -0.958. The zero-order chi connectivity index (χ0) is 27.8. The Balaban J connectivity index is 2.50. The van der Waals surface area contributed by atoms with Crippen LogP contribution in [0, 0.1) is 6.92 Å². The van der Waals surface area contributed by atoms with Crippen LogP contribution in [0.15, 0.2) is 55.1 Å². The number of anilines is 1. The van der Waals surface area contributed by atoms with Crippen molar-refractivity contribution in [2.75, 3.05) is 17.6 Å². The van der Waals surface area contributed by atoms with Gasteiger partial charge in [0.05, 0.1) is 10.7 Å². The molecule has 0 aliphatic heterocycles. The van der Waals surface area contributed by atoms with Crippen molar-refractivity contribution in [3.63, 3.8) is 0 Å². The van der Waals surface area contributed by atoms with Crippen LogP contribution in [-0.2, 0) is 20.7 Å². The Bertz CT molecular complexity index is 1100. The zero-order valence-electron chi connectivity index (χ0n) is 22.0.